The molecule has 3 rings (SSSR count). The summed E-state index contributed by atoms with van der Waals surface area (Å²) in [4.78, 5) is 35.2. The lowest BCUT2D eigenvalue weighted by Crippen LogP contribution is -2.28. The average molecular weight is 457 g/mol. The maximum atomic E-state index is 13.1. The van der Waals surface area contributed by atoms with Gasteiger partial charge in [0.1, 0.15) is 11.6 Å². The van der Waals surface area contributed by atoms with E-state index in [0.29, 0.717) is 17.0 Å². The fourth-order valence-electron chi connectivity index (χ4n) is 2.86. The molecule has 0 aliphatic rings. The summed E-state index contributed by atoms with van der Waals surface area (Å²) in [6.45, 7) is 0. The molecule has 0 aromatic heterocycles. The van der Waals surface area contributed by atoms with Crippen molar-refractivity contribution in [2.75, 3.05) is 11.2 Å². The molecule has 32 heavy (non-hydrogen) atoms. The molecule has 0 radical (unpaired) electrons. The van der Waals surface area contributed by atoms with E-state index in [1.807, 2.05) is 0 Å². The number of nitrogens with one attached hydrogen (secondary N) is 1. The summed E-state index contributed by atoms with van der Waals surface area (Å²) in [6, 6.07) is 16.8. The monoisotopic (exact) mass is 456 g/mol. The van der Waals surface area contributed by atoms with Gasteiger partial charge in [-0.1, -0.05) is 0 Å². The van der Waals surface area contributed by atoms with Crippen LogP contribution < -0.4 is 10.1 Å². The molecule has 1 N–H and O–H groups in total. The predicted molar refractivity (Wildman–Crippen MR) is 118 cm³/mol. The van der Waals surface area contributed by atoms with Crippen LogP contribution in [0, 0.1) is 15.9 Å². The van der Waals surface area contributed by atoms with Crippen LogP contribution >= 0.6 is 11.6 Å². The van der Waals surface area contributed by atoms with Crippen LogP contribution in [-0.2, 0) is 0 Å². The van der Waals surface area contributed by atoms with Crippen LogP contribution in [0.25, 0.3) is 0 Å². The van der Waals surface area contributed by atoms with Gasteiger partial charge in [-0.15, -0.1) is 11.6 Å². The SMILES string of the molecule is O=C(Nc1ccc(OC(CCCl)C(=O)c2ccc(F)cc2)cc1)c1ccc([N+](=O)[O-])cc1. The van der Waals surface area contributed by atoms with Gasteiger partial charge in [-0.25, -0.2) is 4.39 Å². The van der Waals surface area contributed by atoms with E-state index in [4.69, 9.17) is 16.3 Å². The van der Waals surface area contributed by atoms with Gasteiger partial charge in [0, 0.05) is 41.2 Å². The molecule has 3 aromatic carbocycles. The number of ketones is 1. The van der Waals surface area contributed by atoms with Gasteiger partial charge >= 0.3 is 0 Å². The Morgan fingerprint density at radius 3 is 2.12 bits per heavy atom. The normalized spacial score (nSPS) is 11.4. The molecule has 7 nitrogen and oxygen atoms in total. The number of hydrogen-bond donors (Lipinski definition) is 1. The first-order valence-corrected chi connectivity index (χ1v) is 10.1. The van der Waals surface area contributed by atoms with Crippen LogP contribution in [0.4, 0.5) is 15.8 Å². The summed E-state index contributed by atoms with van der Waals surface area (Å²) in [5.41, 5.74) is 0.945. The van der Waals surface area contributed by atoms with E-state index < -0.39 is 22.8 Å². The standard InChI is InChI=1S/C23H18ClFN2O5/c24-14-13-21(22(28)15-1-5-17(25)6-2-15)32-20-11-7-18(8-12-20)26-23(29)16-3-9-19(10-4-16)27(30)31/h1-12,21H,13-14H2,(H,26,29). The first-order chi connectivity index (χ1) is 15.4. The number of amides is 1. The summed E-state index contributed by atoms with van der Waals surface area (Å²) in [6.07, 6.45) is -0.588. The summed E-state index contributed by atoms with van der Waals surface area (Å²) in [5, 5.41) is 13.4. The molecule has 3 aromatic rings. The highest BCUT2D eigenvalue weighted by Gasteiger charge is 2.22. The Bertz CT molecular complexity index is 1100. The average Bonchev–Trinajstić information content (AvgIpc) is 2.80. The number of ether oxygens (including phenoxy) is 1. The number of rotatable bonds is 9. The molecule has 0 spiro atoms. The molecule has 0 aliphatic heterocycles. The smallest absolute Gasteiger partial charge is 0.269 e. The first-order valence-electron chi connectivity index (χ1n) is 9.55. The van der Waals surface area contributed by atoms with Crippen LogP contribution in [0.3, 0.4) is 0 Å². The van der Waals surface area contributed by atoms with Crippen molar-refractivity contribution in [2.24, 2.45) is 0 Å². The number of nitro groups is 1. The Balaban J connectivity index is 1.65. The number of nitro benzene ring substituents is 1. The minimum absolute atomic E-state index is 0.107. The Morgan fingerprint density at radius 2 is 1.56 bits per heavy atom. The topological polar surface area (TPSA) is 98.5 Å². The lowest BCUT2D eigenvalue weighted by atomic mass is 10.0. The molecule has 9 heteroatoms. The fourth-order valence-corrected chi connectivity index (χ4v) is 3.06. The Labute approximate surface area is 187 Å². The Morgan fingerprint density at radius 1 is 0.969 bits per heavy atom. The van der Waals surface area contributed by atoms with E-state index in [1.54, 1.807) is 24.3 Å². The number of alkyl halides is 1. The maximum absolute atomic E-state index is 13.1. The number of benzene rings is 3. The van der Waals surface area contributed by atoms with E-state index in [-0.39, 0.29) is 29.3 Å². The molecule has 1 unspecified atom stereocenters. The Hall–Kier alpha value is -3.78. The van der Waals surface area contributed by atoms with Gasteiger partial charge in [0.2, 0.25) is 5.78 Å². The number of carbonyl (C=O) groups is 2. The van der Waals surface area contributed by atoms with Crippen molar-refractivity contribution in [1.82, 2.24) is 0 Å². The number of hydrogen-bond acceptors (Lipinski definition) is 5. The lowest BCUT2D eigenvalue weighted by Gasteiger charge is -2.17. The molecule has 1 atom stereocenters. The number of carbonyl (C=O) groups excluding carboxylic acids is 2. The van der Waals surface area contributed by atoms with Gasteiger partial charge in [-0.05, 0) is 60.7 Å². The van der Waals surface area contributed by atoms with Crippen LogP contribution in [0.1, 0.15) is 27.1 Å². The Kier molecular flexibility index (Phi) is 7.51. The van der Waals surface area contributed by atoms with Crippen molar-refractivity contribution in [1.29, 1.82) is 0 Å². The molecular weight excluding hydrogens is 439 g/mol. The van der Waals surface area contributed by atoms with Gasteiger partial charge < -0.3 is 10.1 Å². The maximum Gasteiger partial charge on any atom is 0.269 e. The van der Waals surface area contributed by atoms with Crippen molar-refractivity contribution in [3.05, 3.63) is 99.9 Å². The van der Waals surface area contributed by atoms with Crippen LogP contribution in [0.2, 0.25) is 0 Å². The molecule has 164 valence electrons. The molecule has 0 heterocycles. The zero-order valence-electron chi connectivity index (χ0n) is 16.7. The van der Waals surface area contributed by atoms with Crippen molar-refractivity contribution < 1.29 is 23.6 Å². The minimum atomic E-state index is -0.849. The molecule has 0 saturated heterocycles. The molecule has 1 amide bonds. The largest absolute Gasteiger partial charge is 0.482 e. The highest BCUT2D eigenvalue weighted by Crippen LogP contribution is 2.21. The van der Waals surface area contributed by atoms with Crippen molar-refractivity contribution in [2.45, 2.75) is 12.5 Å². The number of anilines is 1. The molecule has 0 saturated carbocycles. The lowest BCUT2D eigenvalue weighted by molar-refractivity contribution is -0.384. The predicted octanol–water partition coefficient (Wildman–Crippen LogP) is 5.25. The van der Waals surface area contributed by atoms with Crippen LogP contribution in [0.5, 0.6) is 5.75 Å². The zero-order valence-corrected chi connectivity index (χ0v) is 17.4. The van der Waals surface area contributed by atoms with Gasteiger partial charge in [-0.3, -0.25) is 19.7 Å². The third-order valence-corrected chi connectivity index (χ3v) is 4.74. The number of nitrogens with zero attached hydrogens (tertiary/aromatic N) is 1. The third-order valence-electron chi connectivity index (χ3n) is 4.52. The van der Waals surface area contributed by atoms with E-state index >= 15 is 0 Å². The second-order valence-electron chi connectivity index (χ2n) is 6.74. The van der Waals surface area contributed by atoms with E-state index in [0.717, 1.165) is 0 Å². The fraction of sp³-hybridized carbons (Fsp3) is 0.130. The quantitative estimate of drug-likeness (QED) is 0.205. The molecule has 0 bridgehead atoms. The zero-order chi connectivity index (χ0) is 23.1. The molecular formula is C23H18ClFN2O5. The highest BCUT2D eigenvalue weighted by atomic mass is 35.5. The summed E-state index contributed by atoms with van der Waals surface area (Å²) >= 11 is 5.81. The van der Waals surface area contributed by atoms with Gasteiger partial charge in [0.05, 0.1) is 4.92 Å². The molecule has 0 fully saturated rings. The second-order valence-corrected chi connectivity index (χ2v) is 7.12. The van der Waals surface area contributed by atoms with Crippen molar-refractivity contribution >= 4 is 34.7 Å². The van der Waals surface area contributed by atoms with Gasteiger partial charge in [0.15, 0.2) is 6.10 Å². The second kappa shape index (κ2) is 10.5. The highest BCUT2D eigenvalue weighted by molar-refractivity contribution is 6.18. The van der Waals surface area contributed by atoms with Gasteiger partial charge in [-0.2, -0.15) is 0 Å². The van der Waals surface area contributed by atoms with Crippen LogP contribution in [-0.4, -0.2) is 28.6 Å². The number of Topliss-reactive ketones (excluding diaryl/α,β-unsaturated/α-hetero) is 1. The van der Waals surface area contributed by atoms with Gasteiger partial charge in [0.25, 0.3) is 11.6 Å². The van der Waals surface area contributed by atoms with Crippen molar-refractivity contribution in [3.8, 4) is 5.75 Å². The third kappa shape index (κ3) is 5.89. The van der Waals surface area contributed by atoms with Crippen molar-refractivity contribution in [3.63, 3.8) is 0 Å². The van der Waals surface area contributed by atoms with E-state index in [1.165, 1.54) is 48.5 Å². The summed E-state index contributed by atoms with van der Waals surface area (Å²) in [7, 11) is 0. The van der Waals surface area contributed by atoms with E-state index in [2.05, 4.69) is 5.32 Å². The molecule has 0 aliphatic carbocycles. The van der Waals surface area contributed by atoms with E-state index in [9.17, 15) is 24.1 Å². The van der Waals surface area contributed by atoms with Crippen LogP contribution in [0.15, 0.2) is 72.8 Å². The first kappa shape index (κ1) is 22.9. The summed E-state index contributed by atoms with van der Waals surface area (Å²) < 4.78 is 18.9. The summed E-state index contributed by atoms with van der Waals surface area (Å²) in [5.74, 6) is -0.603. The number of halogens is 2. The minimum Gasteiger partial charge on any atom is -0.482 e. The number of non-ortho nitro benzene ring substituents is 1.